The van der Waals surface area contributed by atoms with Crippen LogP contribution in [0.2, 0.25) is 0 Å². The van der Waals surface area contributed by atoms with Crippen molar-refractivity contribution in [2.24, 2.45) is 0 Å². The lowest BCUT2D eigenvalue weighted by Gasteiger charge is -2.11. The van der Waals surface area contributed by atoms with Crippen LogP contribution in [-0.2, 0) is 6.61 Å². The summed E-state index contributed by atoms with van der Waals surface area (Å²) >= 11 is 1.61. The molecule has 1 unspecified atom stereocenters. The fraction of sp³-hybridized carbons (Fsp3) is 0.222. The van der Waals surface area contributed by atoms with E-state index in [2.05, 4.69) is 34.0 Å². The Labute approximate surface area is 139 Å². The largest absolute Gasteiger partial charge is 0.392 e. The molecule has 0 radical (unpaired) electrons. The van der Waals surface area contributed by atoms with Crippen LogP contribution in [0.4, 0.5) is 5.82 Å². The minimum Gasteiger partial charge on any atom is -0.392 e. The summed E-state index contributed by atoms with van der Waals surface area (Å²) in [5.74, 6) is 7.15. The maximum Gasteiger partial charge on any atom is 0.138 e. The molecule has 2 N–H and O–H groups in total. The molecular weight excluding hydrogens is 306 g/mol. The molecule has 2 heterocycles. The lowest BCUT2D eigenvalue weighted by atomic mass is 10.1. The number of fused-ring (bicyclic) bond motifs is 1. The van der Waals surface area contributed by atoms with Crippen molar-refractivity contribution in [1.82, 2.24) is 9.97 Å². The first-order valence-electron chi connectivity index (χ1n) is 7.40. The van der Waals surface area contributed by atoms with Gasteiger partial charge in [0.15, 0.2) is 0 Å². The van der Waals surface area contributed by atoms with E-state index < -0.39 is 0 Å². The Hall–Kier alpha value is -2.42. The first-order chi connectivity index (χ1) is 11.3. The maximum atomic E-state index is 9.31. The number of aromatic nitrogens is 2. The number of nitrogens with zero attached hydrogens (tertiary/aromatic N) is 2. The van der Waals surface area contributed by atoms with E-state index in [0.29, 0.717) is 6.42 Å². The number of hydrogen-bond acceptors (Lipinski definition) is 5. The zero-order chi connectivity index (χ0) is 16.1. The highest BCUT2D eigenvalue weighted by atomic mass is 32.1. The average Bonchev–Trinajstić information content (AvgIpc) is 3.05. The molecule has 0 aliphatic carbocycles. The van der Waals surface area contributed by atoms with Crippen molar-refractivity contribution in [3.63, 3.8) is 0 Å². The number of benzene rings is 1. The van der Waals surface area contributed by atoms with E-state index in [1.165, 1.54) is 0 Å². The van der Waals surface area contributed by atoms with Crippen molar-refractivity contribution >= 4 is 27.4 Å². The van der Waals surface area contributed by atoms with Gasteiger partial charge in [-0.25, -0.2) is 9.97 Å². The molecule has 5 heteroatoms. The quantitative estimate of drug-likeness (QED) is 0.722. The molecule has 0 spiro atoms. The van der Waals surface area contributed by atoms with Crippen LogP contribution >= 0.6 is 11.3 Å². The zero-order valence-corrected chi connectivity index (χ0v) is 13.6. The van der Waals surface area contributed by atoms with Gasteiger partial charge < -0.3 is 10.4 Å². The van der Waals surface area contributed by atoms with Crippen LogP contribution in [0, 0.1) is 11.8 Å². The van der Waals surface area contributed by atoms with Crippen LogP contribution in [0.5, 0.6) is 0 Å². The molecule has 0 amide bonds. The number of nitrogens with one attached hydrogen (secondary N) is 1. The van der Waals surface area contributed by atoms with Gasteiger partial charge in [0, 0.05) is 18.0 Å². The molecule has 0 aliphatic heterocycles. The van der Waals surface area contributed by atoms with E-state index in [4.69, 9.17) is 0 Å². The molecule has 116 valence electrons. The topological polar surface area (TPSA) is 58.0 Å². The molecule has 23 heavy (non-hydrogen) atoms. The summed E-state index contributed by atoms with van der Waals surface area (Å²) in [5.41, 5.74) is 1.74. The van der Waals surface area contributed by atoms with Crippen molar-refractivity contribution in [2.75, 3.05) is 5.32 Å². The number of hydrogen-bond donors (Lipinski definition) is 2. The minimum absolute atomic E-state index is 0.00965. The Morgan fingerprint density at radius 2 is 2.13 bits per heavy atom. The molecule has 3 aromatic rings. The first-order valence-corrected chi connectivity index (χ1v) is 8.28. The monoisotopic (exact) mass is 323 g/mol. The molecule has 1 aromatic carbocycles. The van der Waals surface area contributed by atoms with Gasteiger partial charge in [-0.3, -0.25) is 0 Å². The van der Waals surface area contributed by atoms with Gasteiger partial charge in [0.05, 0.1) is 12.0 Å². The van der Waals surface area contributed by atoms with Crippen molar-refractivity contribution in [1.29, 1.82) is 0 Å². The second kappa shape index (κ2) is 7.23. The van der Waals surface area contributed by atoms with Crippen LogP contribution < -0.4 is 5.32 Å². The third-order valence-corrected chi connectivity index (χ3v) is 4.28. The molecule has 2 aromatic heterocycles. The predicted octanol–water partition coefficient (Wildman–Crippen LogP) is 3.43. The summed E-state index contributed by atoms with van der Waals surface area (Å²) in [5, 5.41) is 15.8. The van der Waals surface area contributed by atoms with Crippen LogP contribution in [0.15, 0.2) is 42.0 Å². The third kappa shape index (κ3) is 3.67. The van der Waals surface area contributed by atoms with Gasteiger partial charge in [-0.1, -0.05) is 30.0 Å². The van der Waals surface area contributed by atoms with E-state index in [1.54, 1.807) is 17.7 Å². The molecule has 3 rings (SSSR count). The SMILES string of the molecule is CC(CC#Cc1ccccc1CO)Nc1ncnc2sccc12. The van der Waals surface area contributed by atoms with Crippen LogP contribution in [0.1, 0.15) is 24.5 Å². The number of aliphatic hydroxyl groups excluding tert-OH is 1. The molecule has 0 saturated heterocycles. The lowest BCUT2D eigenvalue weighted by molar-refractivity contribution is 0.281. The van der Waals surface area contributed by atoms with Gasteiger partial charge in [0.25, 0.3) is 0 Å². The van der Waals surface area contributed by atoms with E-state index in [-0.39, 0.29) is 12.6 Å². The van der Waals surface area contributed by atoms with Gasteiger partial charge in [0.2, 0.25) is 0 Å². The van der Waals surface area contributed by atoms with E-state index in [1.807, 2.05) is 35.7 Å². The van der Waals surface area contributed by atoms with Crippen molar-refractivity contribution < 1.29 is 5.11 Å². The summed E-state index contributed by atoms with van der Waals surface area (Å²) in [6, 6.07) is 9.84. The second-order valence-corrected chi connectivity index (χ2v) is 6.12. The molecule has 0 aliphatic rings. The van der Waals surface area contributed by atoms with E-state index in [0.717, 1.165) is 27.2 Å². The normalized spacial score (nSPS) is 11.7. The Morgan fingerprint density at radius 3 is 3.00 bits per heavy atom. The molecule has 4 nitrogen and oxygen atoms in total. The first kappa shape index (κ1) is 15.5. The predicted molar refractivity (Wildman–Crippen MR) is 94.4 cm³/mol. The van der Waals surface area contributed by atoms with Gasteiger partial charge in [-0.15, -0.1) is 11.3 Å². The van der Waals surface area contributed by atoms with Crippen LogP contribution in [0.3, 0.4) is 0 Å². The summed E-state index contributed by atoms with van der Waals surface area (Å²) in [6.45, 7) is 2.09. The smallest absolute Gasteiger partial charge is 0.138 e. The number of anilines is 1. The fourth-order valence-electron chi connectivity index (χ4n) is 2.27. The van der Waals surface area contributed by atoms with Crippen molar-refractivity contribution in [3.05, 3.63) is 53.2 Å². The highest BCUT2D eigenvalue weighted by Gasteiger charge is 2.07. The molecule has 0 bridgehead atoms. The highest BCUT2D eigenvalue weighted by Crippen LogP contribution is 2.24. The van der Waals surface area contributed by atoms with Crippen LogP contribution in [0.25, 0.3) is 10.2 Å². The molecular formula is C18H17N3OS. The standard InChI is InChI=1S/C18H17N3OS/c1-13(5-4-8-14-6-2-3-7-15(14)11-22)21-17-16-9-10-23-18(16)20-12-19-17/h2-3,6-7,9-10,12-13,22H,5,11H2,1H3,(H,19,20,21). The molecule has 1 atom stereocenters. The Bertz CT molecular complexity index is 863. The fourth-order valence-corrected chi connectivity index (χ4v) is 3.00. The van der Waals surface area contributed by atoms with Gasteiger partial charge in [0.1, 0.15) is 17.0 Å². The number of aliphatic hydroxyl groups is 1. The van der Waals surface area contributed by atoms with E-state index in [9.17, 15) is 5.11 Å². The third-order valence-electron chi connectivity index (χ3n) is 3.46. The minimum atomic E-state index is 0.00965. The molecule has 0 saturated carbocycles. The van der Waals surface area contributed by atoms with Crippen molar-refractivity contribution in [3.8, 4) is 11.8 Å². The Kier molecular flexibility index (Phi) is 4.86. The van der Waals surface area contributed by atoms with Gasteiger partial charge >= 0.3 is 0 Å². The van der Waals surface area contributed by atoms with Gasteiger partial charge in [-0.05, 0) is 30.0 Å². The second-order valence-electron chi connectivity index (χ2n) is 5.23. The Balaban J connectivity index is 1.68. The number of thiophene rings is 1. The van der Waals surface area contributed by atoms with Crippen molar-refractivity contribution in [2.45, 2.75) is 26.0 Å². The van der Waals surface area contributed by atoms with E-state index >= 15 is 0 Å². The van der Waals surface area contributed by atoms with Gasteiger partial charge in [-0.2, -0.15) is 0 Å². The summed E-state index contributed by atoms with van der Waals surface area (Å²) in [4.78, 5) is 9.55. The summed E-state index contributed by atoms with van der Waals surface area (Å²) in [6.07, 6.45) is 2.27. The summed E-state index contributed by atoms with van der Waals surface area (Å²) in [7, 11) is 0. The maximum absolute atomic E-state index is 9.31. The lowest BCUT2D eigenvalue weighted by Crippen LogP contribution is -2.15. The average molecular weight is 323 g/mol. The number of rotatable bonds is 4. The molecule has 0 fully saturated rings. The zero-order valence-electron chi connectivity index (χ0n) is 12.8. The Morgan fingerprint density at radius 1 is 1.26 bits per heavy atom. The summed E-state index contributed by atoms with van der Waals surface area (Å²) < 4.78 is 0. The van der Waals surface area contributed by atoms with Crippen LogP contribution in [-0.4, -0.2) is 21.1 Å². The highest BCUT2D eigenvalue weighted by molar-refractivity contribution is 7.16.